The average Bonchev–Trinajstić information content (AvgIpc) is 2.39. The van der Waals surface area contributed by atoms with E-state index in [4.69, 9.17) is 5.73 Å². The summed E-state index contributed by atoms with van der Waals surface area (Å²) in [5.41, 5.74) is 7.04. The van der Waals surface area contributed by atoms with Crippen molar-refractivity contribution in [3.05, 3.63) is 35.9 Å². The van der Waals surface area contributed by atoms with E-state index in [9.17, 15) is 4.79 Å². The molecule has 1 amide bonds. The van der Waals surface area contributed by atoms with Crippen LogP contribution >= 0.6 is 0 Å². The van der Waals surface area contributed by atoms with Gasteiger partial charge in [-0.1, -0.05) is 50.6 Å². The molecule has 0 saturated carbocycles. The molecule has 1 aromatic carbocycles. The van der Waals surface area contributed by atoms with Crippen LogP contribution in [-0.2, 0) is 4.79 Å². The Morgan fingerprint density at radius 2 is 1.94 bits per heavy atom. The first kappa shape index (κ1) is 14.7. The summed E-state index contributed by atoms with van der Waals surface area (Å²) >= 11 is 0. The van der Waals surface area contributed by atoms with Crippen LogP contribution < -0.4 is 11.1 Å². The van der Waals surface area contributed by atoms with Gasteiger partial charge in [0.2, 0.25) is 5.91 Å². The van der Waals surface area contributed by atoms with Crippen LogP contribution in [0.1, 0.15) is 51.1 Å². The Balaban J connectivity index is 2.44. The Bertz CT molecular complexity index is 351. The number of carbonyl (C=O) groups is 1. The number of nitrogens with one attached hydrogen (secondary N) is 1. The van der Waals surface area contributed by atoms with Crippen LogP contribution in [0.3, 0.4) is 0 Å². The molecule has 3 heteroatoms. The maximum Gasteiger partial charge on any atom is 0.222 e. The number of hydrogen-bond donors (Lipinski definition) is 2. The summed E-state index contributed by atoms with van der Waals surface area (Å²) in [6, 6.07) is 9.82. The van der Waals surface area contributed by atoms with Crippen molar-refractivity contribution in [3.8, 4) is 0 Å². The molecule has 18 heavy (non-hydrogen) atoms. The second kappa shape index (κ2) is 7.88. The van der Waals surface area contributed by atoms with Gasteiger partial charge in [0.1, 0.15) is 0 Å². The number of nitrogens with two attached hydrogens (primary N) is 1. The fraction of sp³-hybridized carbons (Fsp3) is 0.533. The topological polar surface area (TPSA) is 55.1 Å². The highest BCUT2D eigenvalue weighted by Crippen LogP contribution is 2.13. The van der Waals surface area contributed by atoms with E-state index in [0.29, 0.717) is 6.42 Å². The molecule has 3 nitrogen and oxygen atoms in total. The lowest BCUT2D eigenvalue weighted by Gasteiger charge is -2.18. The Kier molecular flexibility index (Phi) is 6.44. The van der Waals surface area contributed by atoms with Crippen molar-refractivity contribution in [1.82, 2.24) is 5.32 Å². The number of rotatable bonds is 7. The Labute approximate surface area is 110 Å². The van der Waals surface area contributed by atoms with Crippen LogP contribution in [0.4, 0.5) is 0 Å². The lowest BCUT2D eigenvalue weighted by Crippen LogP contribution is -2.36. The largest absolute Gasteiger partial charge is 0.353 e. The smallest absolute Gasteiger partial charge is 0.222 e. The number of benzene rings is 1. The molecule has 1 rings (SSSR count). The van der Waals surface area contributed by atoms with Crippen molar-refractivity contribution < 1.29 is 4.79 Å². The minimum absolute atomic E-state index is 0.0478. The van der Waals surface area contributed by atoms with Gasteiger partial charge >= 0.3 is 0 Å². The molecule has 0 bridgehead atoms. The zero-order chi connectivity index (χ0) is 13.4. The maximum absolute atomic E-state index is 11.9. The van der Waals surface area contributed by atoms with Crippen molar-refractivity contribution in [2.24, 2.45) is 5.73 Å². The van der Waals surface area contributed by atoms with Crippen LogP contribution in [0.15, 0.2) is 30.3 Å². The van der Waals surface area contributed by atoms with Crippen molar-refractivity contribution in [2.45, 2.75) is 51.6 Å². The third-order valence-electron chi connectivity index (χ3n) is 3.13. The Hall–Kier alpha value is -1.35. The molecule has 0 saturated heterocycles. The van der Waals surface area contributed by atoms with Crippen LogP contribution in [0.2, 0.25) is 0 Å². The van der Waals surface area contributed by atoms with E-state index >= 15 is 0 Å². The predicted octanol–water partition coefficient (Wildman–Crippen LogP) is 2.77. The zero-order valence-corrected chi connectivity index (χ0v) is 11.4. The highest BCUT2D eigenvalue weighted by atomic mass is 16.1. The molecule has 0 spiro atoms. The molecule has 2 unspecified atom stereocenters. The summed E-state index contributed by atoms with van der Waals surface area (Å²) in [5.74, 6) is 0.0478. The second-order valence-electron chi connectivity index (χ2n) is 4.68. The van der Waals surface area contributed by atoms with Crippen molar-refractivity contribution >= 4 is 5.91 Å². The fourth-order valence-electron chi connectivity index (χ4n) is 2.03. The molecular weight excluding hydrogens is 224 g/mol. The monoisotopic (exact) mass is 248 g/mol. The van der Waals surface area contributed by atoms with Crippen molar-refractivity contribution in [2.75, 3.05) is 0 Å². The summed E-state index contributed by atoms with van der Waals surface area (Å²) in [5, 5.41) is 3.05. The molecule has 0 aliphatic carbocycles. The third kappa shape index (κ3) is 4.88. The number of hydrogen-bond acceptors (Lipinski definition) is 2. The zero-order valence-electron chi connectivity index (χ0n) is 11.4. The molecule has 100 valence electrons. The normalized spacial score (nSPS) is 13.9. The number of amides is 1. The van der Waals surface area contributed by atoms with E-state index in [0.717, 1.165) is 24.8 Å². The minimum Gasteiger partial charge on any atom is -0.353 e. The first-order valence-electron chi connectivity index (χ1n) is 6.77. The summed E-state index contributed by atoms with van der Waals surface area (Å²) in [4.78, 5) is 11.9. The molecule has 0 aromatic heterocycles. The summed E-state index contributed by atoms with van der Waals surface area (Å²) in [7, 11) is 0. The van der Waals surface area contributed by atoms with Gasteiger partial charge in [0.25, 0.3) is 0 Å². The van der Waals surface area contributed by atoms with Gasteiger partial charge in [-0.05, 0) is 18.4 Å². The van der Waals surface area contributed by atoms with Crippen LogP contribution in [-0.4, -0.2) is 11.9 Å². The van der Waals surface area contributed by atoms with Gasteiger partial charge in [0, 0.05) is 18.5 Å². The van der Waals surface area contributed by atoms with Crippen LogP contribution in [0, 0.1) is 0 Å². The predicted molar refractivity (Wildman–Crippen MR) is 75.1 cm³/mol. The van der Waals surface area contributed by atoms with Gasteiger partial charge in [-0.15, -0.1) is 0 Å². The molecular formula is C15H24N2O. The Morgan fingerprint density at radius 3 is 2.50 bits per heavy atom. The van der Waals surface area contributed by atoms with Crippen LogP contribution in [0.25, 0.3) is 0 Å². The first-order valence-corrected chi connectivity index (χ1v) is 6.77. The second-order valence-corrected chi connectivity index (χ2v) is 4.68. The van der Waals surface area contributed by atoms with Crippen LogP contribution in [0.5, 0.6) is 0 Å². The summed E-state index contributed by atoms with van der Waals surface area (Å²) < 4.78 is 0. The molecule has 0 fully saturated rings. The van der Waals surface area contributed by atoms with Gasteiger partial charge in [-0.25, -0.2) is 0 Å². The summed E-state index contributed by atoms with van der Waals surface area (Å²) in [6.07, 6.45) is 3.44. The average molecular weight is 248 g/mol. The molecule has 0 heterocycles. The van der Waals surface area contributed by atoms with Gasteiger partial charge < -0.3 is 11.1 Å². The van der Waals surface area contributed by atoms with Gasteiger partial charge in [0.15, 0.2) is 0 Å². The van der Waals surface area contributed by atoms with Crippen molar-refractivity contribution in [1.29, 1.82) is 0 Å². The van der Waals surface area contributed by atoms with Gasteiger partial charge in [0.05, 0.1) is 0 Å². The molecule has 3 N–H and O–H groups in total. The van der Waals surface area contributed by atoms with E-state index < -0.39 is 0 Å². The highest BCUT2D eigenvalue weighted by Gasteiger charge is 2.14. The van der Waals surface area contributed by atoms with E-state index in [1.807, 2.05) is 30.3 Å². The van der Waals surface area contributed by atoms with E-state index in [1.54, 1.807) is 0 Å². The molecule has 0 aliphatic heterocycles. The first-order chi connectivity index (χ1) is 8.67. The third-order valence-corrected chi connectivity index (χ3v) is 3.13. The lowest BCUT2D eigenvalue weighted by atomic mass is 10.0. The lowest BCUT2D eigenvalue weighted by molar-refractivity contribution is -0.122. The minimum atomic E-state index is -0.217. The molecule has 0 aliphatic rings. The maximum atomic E-state index is 11.9. The van der Waals surface area contributed by atoms with Gasteiger partial charge in [-0.2, -0.15) is 0 Å². The van der Waals surface area contributed by atoms with Crippen molar-refractivity contribution in [3.63, 3.8) is 0 Å². The molecule has 1 aromatic rings. The standard InChI is InChI=1S/C15H24N2O/c1-3-8-13(4-2)17-15(18)11-14(16)12-9-6-5-7-10-12/h5-7,9-10,13-14H,3-4,8,11,16H2,1-2H3,(H,17,18). The van der Waals surface area contributed by atoms with E-state index in [-0.39, 0.29) is 18.0 Å². The highest BCUT2D eigenvalue weighted by molar-refractivity contribution is 5.77. The fourth-order valence-corrected chi connectivity index (χ4v) is 2.03. The molecule has 2 atom stereocenters. The Morgan fingerprint density at radius 1 is 1.28 bits per heavy atom. The van der Waals surface area contributed by atoms with E-state index in [1.165, 1.54) is 0 Å². The van der Waals surface area contributed by atoms with E-state index in [2.05, 4.69) is 19.2 Å². The number of carbonyl (C=O) groups excluding carboxylic acids is 1. The SMILES string of the molecule is CCCC(CC)NC(=O)CC(N)c1ccccc1. The quantitative estimate of drug-likeness (QED) is 0.779. The molecule has 0 radical (unpaired) electrons. The van der Waals surface area contributed by atoms with Gasteiger partial charge in [-0.3, -0.25) is 4.79 Å². The summed E-state index contributed by atoms with van der Waals surface area (Å²) in [6.45, 7) is 4.22.